The molecule has 0 bridgehead atoms. The van der Waals surface area contributed by atoms with Crippen LogP contribution in [0.1, 0.15) is 57.8 Å². The van der Waals surface area contributed by atoms with Crippen molar-refractivity contribution in [2.24, 2.45) is 0 Å². The molecule has 0 fully saturated rings. The molecule has 2 heteroatoms. The first kappa shape index (κ1) is 14.4. The first-order valence-electron chi connectivity index (χ1n) is 8.41. The molecule has 0 saturated carbocycles. The van der Waals surface area contributed by atoms with Crippen LogP contribution in [0.4, 0.5) is 0 Å². The lowest BCUT2D eigenvalue weighted by atomic mass is 10.1. The van der Waals surface area contributed by atoms with Gasteiger partial charge in [0, 0.05) is 17.0 Å². The fraction of sp³-hybridized carbons (Fsp3) is 0.667. The van der Waals surface area contributed by atoms with Crippen LogP contribution in [0.2, 0.25) is 0 Å². The van der Waals surface area contributed by atoms with E-state index >= 15 is 0 Å². The lowest BCUT2D eigenvalue weighted by Crippen LogP contribution is -2.27. The molecule has 0 amide bonds. The van der Waals surface area contributed by atoms with Crippen LogP contribution in [0.25, 0.3) is 0 Å². The summed E-state index contributed by atoms with van der Waals surface area (Å²) in [4.78, 5) is 0. The fourth-order valence-corrected chi connectivity index (χ4v) is 8.54. The van der Waals surface area contributed by atoms with E-state index in [0.29, 0.717) is 17.0 Å². The number of allylic oxidation sites excluding steroid dienone is 6. The third kappa shape index (κ3) is 2.75. The van der Waals surface area contributed by atoms with Gasteiger partial charge in [-0.25, -0.2) is 0 Å². The summed E-state index contributed by atoms with van der Waals surface area (Å²) in [6.07, 6.45) is 24.4. The van der Waals surface area contributed by atoms with E-state index in [1.165, 1.54) is 38.5 Å². The van der Waals surface area contributed by atoms with Gasteiger partial charge in [-0.3, -0.25) is 0 Å². The first-order chi connectivity index (χ1) is 9.82. The molecule has 20 heavy (non-hydrogen) atoms. The molecule has 0 aromatic carbocycles. The zero-order chi connectivity index (χ0) is 13.8. The third-order valence-electron chi connectivity index (χ3n) is 5.24. The van der Waals surface area contributed by atoms with Gasteiger partial charge in [-0.05, 0) is 57.8 Å². The molecule has 0 aliphatic heterocycles. The summed E-state index contributed by atoms with van der Waals surface area (Å²) >= 11 is 0. The van der Waals surface area contributed by atoms with E-state index in [0.717, 1.165) is 19.3 Å². The molecule has 0 aromatic rings. The van der Waals surface area contributed by atoms with Gasteiger partial charge >= 0.3 is 0 Å². The highest BCUT2D eigenvalue weighted by Gasteiger charge is 2.43. The van der Waals surface area contributed by atoms with Gasteiger partial charge in [-0.1, -0.05) is 36.5 Å². The van der Waals surface area contributed by atoms with Crippen molar-refractivity contribution >= 4 is 7.14 Å². The maximum atomic E-state index is 14.1. The van der Waals surface area contributed by atoms with E-state index in [2.05, 4.69) is 36.5 Å². The van der Waals surface area contributed by atoms with Gasteiger partial charge in [0.05, 0.1) is 0 Å². The fourth-order valence-electron chi connectivity index (χ4n) is 4.13. The van der Waals surface area contributed by atoms with Crippen LogP contribution in [-0.2, 0) is 4.57 Å². The minimum Gasteiger partial charge on any atom is -0.322 e. The molecule has 0 saturated heterocycles. The number of hydrogen-bond acceptors (Lipinski definition) is 1. The molecule has 3 rings (SSSR count). The number of rotatable bonds is 3. The van der Waals surface area contributed by atoms with Crippen molar-refractivity contribution in [1.29, 1.82) is 0 Å². The second kappa shape index (κ2) is 6.48. The van der Waals surface area contributed by atoms with Crippen molar-refractivity contribution in [2.45, 2.75) is 74.8 Å². The van der Waals surface area contributed by atoms with Crippen molar-refractivity contribution in [3.05, 3.63) is 36.5 Å². The lowest BCUT2D eigenvalue weighted by Gasteiger charge is -2.39. The van der Waals surface area contributed by atoms with Gasteiger partial charge in [-0.15, -0.1) is 0 Å². The van der Waals surface area contributed by atoms with Gasteiger partial charge in [0.25, 0.3) is 0 Å². The van der Waals surface area contributed by atoms with E-state index < -0.39 is 7.14 Å². The Morgan fingerprint density at radius 2 is 1.00 bits per heavy atom. The molecular weight excluding hydrogens is 263 g/mol. The normalized spacial score (nSPS) is 36.7. The summed E-state index contributed by atoms with van der Waals surface area (Å²) in [5, 5.41) is 0. The van der Waals surface area contributed by atoms with Gasteiger partial charge in [0.2, 0.25) is 0 Å². The largest absolute Gasteiger partial charge is 0.322 e. The maximum absolute atomic E-state index is 14.1. The zero-order valence-electron chi connectivity index (χ0n) is 12.4. The van der Waals surface area contributed by atoms with Crippen LogP contribution < -0.4 is 0 Å². The molecule has 0 spiro atoms. The molecule has 0 heterocycles. The van der Waals surface area contributed by atoms with Crippen LogP contribution in [0, 0.1) is 0 Å². The monoisotopic (exact) mass is 290 g/mol. The smallest absolute Gasteiger partial charge is 0.107 e. The Morgan fingerprint density at radius 1 is 0.650 bits per heavy atom. The predicted molar refractivity (Wildman–Crippen MR) is 87.9 cm³/mol. The van der Waals surface area contributed by atoms with E-state index in [4.69, 9.17) is 0 Å². The molecule has 0 aromatic heterocycles. The van der Waals surface area contributed by atoms with Gasteiger partial charge in [0.1, 0.15) is 7.14 Å². The molecule has 3 unspecified atom stereocenters. The molecular formula is C18H27OP. The van der Waals surface area contributed by atoms with Crippen molar-refractivity contribution in [3.8, 4) is 0 Å². The SMILES string of the molecule is O=P(C1C=CCCC1)(C1C=CCCC1)C1C=CCCC1. The summed E-state index contributed by atoms with van der Waals surface area (Å²) in [7, 11) is -2.21. The molecule has 0 N–H and O–H groups in total. The Hall–Kier alpha value is -0.550. The zero-order valence-corrected chi connectivity index (χ0v) is 13.3. The van der Waals surface area contributed by atoms with Crippen LogP contribution in [0.3, 0.4) is 0 Å². The second-order valence-corrected chi connectivity index (χ2v) is 10.1. The van der Waals surface area contributed by atoms with Crippen molar-refractivity contribution in [3.63, 3.8) is 0 Å². The second-order valence-electron chi connectivity index (χ2n) is 6.54. The van der Waals surface area contributed by atoms with E-state index in [9.17, 15) is 4.57 Å². The van der Waals surface area contributed by atoms with E-state index in [-0.39, 0.29) is 0 Å². The van der Waals surface area contributed by atoms with Crippen LogP contribution in [0.5, 0.6) is 0 Å². The van der Waals surface area contributed by atoms with E-state index in [1.54, 1.807) is 0 Å². The predicted octanol–water partition coefficient (Wildman–Crippen LogP) is 5.68. The third-order valence-corrected chi connectivity index (χ3v) is 9.64. The summed E-state index contributed by atoms with van der Waals surface area (Å²) in [5.41, 5.74) is 1.03. The average molecular weight is 290 g/mol. The number of hydrogen-bond donors (Lipinski definition) is 0. The Morgan fingerprint density at radius 3 is 1.25 bits per heavy atom. The highest BCUT2D eigenvalue weighted by molar-refractivity contribution is 7.66. The van der Waals surface area contributed by atoms with Crippen molar-refractivity contribution in [1.82, 2.24) is 0 Å². The van der Waals surface area contributed by atoms with Gasteiger partial charge in [0.15, 0.2) is 0 Å². The standard InChI is InChI=1S/C18H27OP/c19-20(16-10-4-1-5-11-16,17-12-6-2-7-13-17)18-14-8-3-9-15-18/h4,6,8,10,12,14,16-18H,1-3,5,7,9,11,13,15H2. The van der Waals surface area contributed by atoms with Crippen LogP contribution in [-0.4, -0.2) is 17.0 Å². The molecule has 110 valence electrons. The molecule has 3 aliphatic carbocycles. The quantitative estimate of drug-likeness (QED) is 0.483. The van der Waals surface area contributed by atoms with Gasteiger partial charge < -0.3 is 4.57 Å². The van der Waals surface area contributed by atoms with E-state index in [1.807, 2.05) is 0 Å². The minimum absolute atomic E-state index is 0.344. The Labute approximate surface area is 123 Å². The highest BCUT2D eigenvalue weighted by Crippen LogP contribution is 2.65. The van der Waals surface area contributed by atoms with Crippen molar-refractivity contribution in [2.75, 3.05) is 0 Å². The van der Waals surface area contributed by atoms with Gasteiger partial charge in [-0.2, -0.15) is 0 Å². The Kier molecular flexibility index (Phi) is 4.66. The molecule has 0 radical (unpaired) electrons. The Bertz CT molecular complexity index is 393. The summed E-state index contributed by atoms with van der Waals surface area (Å²) < 4.78 is 14.1. The highest BCUT2D eigenvalue weighted by atomic mass is 31.2. The average Bonchev–Trinajstić information content (AvgIpc) is 2.56. The molecule has 3 atom stereocenters. The van der Waals surface area contributed by atoms with Crippen molar-refractivity contribution < 1.29 is 4.57 Å². The summed E-state index contributed by atoms with van der Waals surface area (Å²) in [6, 6.07) is 0. The first-order valence-corrected chi connectivity index (χ1v) is 10.3. The maximum Gasteiger partial charge on any atom is 0.107 e. The minimum atomic E-state index is -2.21. The van der Waals surface area contributed by atoms with Crippen LogP contribution >= 0.6 is 7.14 Å². The Balaban J connectivity index is 1.94. The molecule has 1 nitrogen and oxygen atoms in total. The van der Waals surface area contributed by atoms with Crippen LogP contribution in [0.15, 0.2) is 36.5 Å². The summed E-state index contributed by atoms with van der Waals surface area (Å²) in [5.74, 6) is 0. The molecule has 3 aliphatic rings. The topological polar surface area (TPSA) is 17.1 Å². The lowest BCUT2D eigenvalue weighted by molar-refractivity contribution is 0.534. The summed E-state index contributed by atoms with van der Waals surface area (Å²) in [6.45, 7) is 0.